The van der Waals surface area contributed by atoms with Gasteiger partial charge in [-0.15, -0.1) is 23.2 Å². The quantitative estimate of drug-likeness (QED) is 0.182. The van der Waals surface area contributed by atoms with Gasteiger partial charge in [0, 0.05) is 12.3 Å². The van der Waals surface area contributed by atoms with Crippen LogP contribution in [0, 0.1) is 5.92 Å². The second-order valence-electron chi connectivity index (χ2n) is 10.4. The lowest BCUT2D eigenvalue weighted by Crippen LogP contribution is -2.60. The summed E-state index contributed by atoms with van der Waals surface area (Å²) in [6, 6.07) is 10.8. The van der Waals surface area contributed by atoms with Crippen LogP contribution in [0.5, 0.6) is 17.2 Å². The van der Waals surface area contributed by atoms with Gasteiger partial charge in [0.15, 0.2) is 21.2 Å². The first kappa shape index (κ1) is 29.3. The molecule has 11 nitrogen and oxygen atoms in total. The Morgan fingerprint density at radius 3 is 2.28 bits per heavy atom. The van der Waals surface area contributed by atoms with Crippen LogP contribution in [0.2, 0.25) is 0 Å². The van der Waals surface area contributed by atoms with Crippen molar-refractivity contribution in [3.05, 3.63) is 86.7 Å². The summed E-state index contributed by atoms with van der Waals surface area (Å²) in [5.41, 5.74) is 0.188. The number of methoxy groups -OCH3 is 2. The number of hydrogen-bond acceptors (Lipinski definition) is 7. The Hall–Kier alpha value is -3.74. The predicted octanol–water partition coefficient (Wildman–Crippen LogP) is 3.41. The molecule has 0 spiro atoms. The number of halogens is 3. The molecular weight excluding hydrogens is 667 g/mol. The smallest absolute Gasteiger partial charge is 0.352 e. The van der Waals surface area contributed by atoms with E-state index in [2.05, 4.69) is 15.9 Å². The van der Waals surface area contributed by atoms with Crippen molar-refractivity contribution in [1.82, 2.24) is 18.8 Å². The van der Waals surface area contributed by atoms with Gasteiger partial charge >= 0.3 is 11.4 Å². The molecule has 6 rings (SSSR count). The van der Waals surface area contributed by atoms with Crippen LogP contribution in [-0.4, -0.2) is 65.2 Å². The third kappa shape index (κ3) is 3.99. The zero-order valence-electron chi connectivity index (χ0n) is 22.9. The van der Waals surface area contributed by atoms with Crippen molar-refractivity contribution in [1.29, 1.82) is 0 Å². The van der Waals surface area contributed by atoms with Crippen LogP contribution in [0.25, 0.3) is 11.8 Å². The van der Waals surface area contributed by atoms with Crippen LogP contribution >= 0.6 is 39.1 Å². The maximum atomic E-state index is 13.9. The number of fused-ring (bicyclic) bond motifs is 4. The van der Waals surface area contributed by atoms with E-state index in [1.807, 2.05) is 0 Å². The van der Waals surface area contributed by atoms with Crippen molar-refractivity contribution in [2.75, 3.05) is 19.7 Å². The fourth-order valence-corrected chi connectivity index (χ4v) is 7.64. The Labute approximate surface area is 263 Å². The lowest BCUT2D eigenvalue weighted by Gasteiger charge is -2.47. The number of hydrogen-bond donors (Lipinski definition) is 1. The summed E-state index contributed by atoms with van der Waals surface area (Å²) in [5, 5.41) is 10.4. The molecule has 14 heteroatoms. The van der Waals surface area contributed by atoms with Gasteiger partial charge in [-0.3, -0.25) is 14.5 Å². The molecule has 1 aliphatic carbocycles. The number of carbonyl (C=O) groups is 2. The average Bonchev–Trinajstić information content (AvgIpc) is 3.35. The van der Waals surface area contributed by atoms with Gasteiger partial charge in [-0.2, -0.15) is 0 Å². The monoisotopic (exact) mass is 690 g/mol. The summed E-state index contributed by atoms with van der Waals surface area (Å²) in [4.78, 5) is 51.9. The number of aromatic hydroxyl groups is 1. The van der Waals surface area contributed by atoms with Crippen LogP contribution in [0.4, 0.5) is 0 Å². The van der Waals surface area contributed by atoms with Crippen LogP contribution in [-0.2, 0) is 16.1 Å². The Morgan fingerprint density at radius 2 is 1.67 bits per heavy atom. The van der Waals surface area contributed by atoms with Gasteiger partial charge in [-0.25, -0.2) is 23.5 Å². The van der Waals surface area contributed by atoms with Crippen molar-refractivity contribution in [2.24, 2.45) is 5.92 Å². The van der Waals surface area contributed by atoms with E-state index < -0.39 is 44.9 Å². The number of rotatable bonds is 6. The van der Waals surface area contributed by atoms with E-state index in [1.165, 1.54) is 23.6 Å². The SMILES string of the molecule is COc1cc(C=CC2C3=CCn4c(=O)n(-c5ccccc5)c(=O)n4C3CC3(Cl)C(=O)N(CBr)C(=O)C23Cl)cc(OC)c1O. The van der Waals surface area contributed by atoms with Gasteiger partial charge in [-0.05, 0) is 35.4 Å². The number of carbonyl (C=O) groups excluding carboxylic acids is 2. The summed E-state index contributed by atoms with van der Waals surface area (Å²) in [6.45, 7) is 0.0253. The van der Waals surface area contributed by atoms with E-state index in [4.69, 9.17) is 32.7 Å². The van der Waals surface area contributed by atoms with Crippen LogP contribution < -0.4 is 20.9 Å². The molecule has 43 heavy (non-hydrogen) atoms. The predicted molar refractivity (Wildman–Crippen MR) is 163 cm³/mol. The number of alkyl halides is 3. The fourth-order valence-electron chi connectivity index (χ4n) is 6.28. The molecule has 2 aliphatic heterocycles. The van der Waals surface area contributed by atoms with E-state index in [-0.39, 0.29) is 35.7 Å². The summed E-state index contributed by atoms with van der Waals surface area (Å²) in [5.74, 6) is -2.24. The average molecular weight is 692 g/mol. The normalized spacial score (nSPS) is 26.3. The van der Waals surface area contributed by atoms with E-state index >= 15 is 0 Å². The molecule has 1 saturated carbocycles. The number of likely N-dealkylation sites (tertiary alicyclic amines) is 1. The Kier molecular flexibility index (Phi) is 7.14. The standard InChI is InChI=1S/C29H25BrCl2N4O7/c1-42-21-12-16(13-22(43-2)23(21)37)8-9-19-18-10-11-34-26(40)35(17-6-4-3-5-7-17)27(41)36(34)20(18)14-28(31)24(38)33(15-30)25(39)29(19,28)32/h3-10,12-13,19-20,37H,11,14-15H2,1-2H3. The maximum Gasteiger partial charge on any atom is 0.352 e. The van der Waals surface area contributed by atoms with Crippen molar-refractivity contribution in [3.8, 4) is 22.9 Å². The third-order valence-corrected chi connectivity index (χ3v) is 10.3. The molecule has 4 unspecified atom stereocenters. The number of amides is 2. The van der Waals surface area contributed by atoms with Crippen LogP contribution in [0.15, 0.2) is 69.8 Å². The van der Waals surface area contributed by atoms with Crippen molar-refractivity contribution < 1.29 is 24.2 Å². The molecule has 1 N–H and O–H groups in total. The molecule has 0 bridgehead atoms. The molecule has 1 aromatic heterocycles. The summed E-state index contributed by atoms with van der Waals surface area (Å²) in [6.07, 6.45) is 4.83. The number of phenols is 1. The van der Waals surface area contributed by atoms with Crippen LogP contribution in [0.1, 0.15) is 18.0 Å². The second kappa shape index (κ2) is 10.5. The molecule has 4 atom stereocenters. The van der Waals surface area contributed by atoms with Crippen molar-refractivity contribution in [2.45, 2.75) is 28.8 Å². The number of allylic oxidation sites excluding steroid dienone is 3. The van der Waals surface area contributed by atoms with Crippen molar-refractivity contribution >= 4 is 57.0 Å². The number of ether oxygens (including phenoxy) is 2. The zero-order valence-corrected chi connectivity index (χ0v) is 26.0. The fraction of sp³-hybridized carbons (Fsp3) is 0.310. The Morgan fingerprint density at radius 1 is 1.02 bits per heavy atom. The molecule has 3 heterocycles. The van der Waals surface area contributed by atoms with E-state index in [9.17, 15) is 24.3 Å². The first-order valence-corrected chi connectivity index (χ1v) is 15.0. The van der Waals surface area contributed by atoms with E-state index in [0.717, 1.165) is 9.47 Å². The molecule has 2 aromatic carbocycles. The summed E-state index contributed by atoms with van der Waals surface area (Å²) >= 11 is 17.5. The minimum atomic E-state index is -1.95. The zero-order chi connectivity index (χ0) is 30.8. The Balaban J connectivity index is 1.54. The first-order valence-electron chi connectivity index (χ1n) is 13.2. The molecule has 224 valence electrons. The number of nitrogens with zero attached hydrogens (tertiary/aromatic N) is 4. The van der Waals surface area contributed by atoms with Gasteiger partial charge < -0.3 is 14.6 Å². The topological polar surface area (TPSA) is 125 Å². The molecule has 2 fully saturated rings. The first-order chi connectivity index (χ1) is 20.5. The molecule has 1 saturated heterocycles. The molecule has 3 aromatic rings. The minimum absolute atomic E-state index is 0.0253. The number of benzene rings is 2. The summed E-state index contributed by atoms with van der Waals surface area (Å²) < 4.78 is 14.2. The molecular formula is C29H25BrCl2N4O7. The van der Waals surface area contributed by atoms with Gasteiger partial charge in [0.2, 0.25) is 5.75 Å². The minimum Gasteiger partial charge on any atom is -0.502 e. The lowest BCUT2D eigenvalue weighted by atomic mass is 9.66. The lowest BCUT2D eigenvalue weighted by molar-refractivity contribution is -0.138. The van der Waals surface area contributed by atoms with E-state index in [1.54, 1.807) is 60.7 Å². The van der Waals surface area contributed by atoms with E-state index in [0.29, 0.717) is 16.8 Å². The number of aromatic nitrogens is 3. The van der Waals surface area contributed by atoms with Crippen molar-refractivity contribution in [3.63, 3.8) is 0 Å². The molecule has 0 radical (unpaired) electrons. The number of imide groups is 1. The highest BCUT2D eigenvalue weighted by Gasteiger charge is 2.74. The molecule has 2 amide bonds. The highest BCUT2D eigenvalue weighted by atomic mass is 79.9. The third-order valence-electron chi connectivity index (χ3n) is 8.34. The largest absolute Gasteiger partial charge is 0.502 e. The summed E-state index contributed by atoms with van der Waals surface area (Å²) in [7, 11) is 2.79. The van der Waals surface area contributed by atoms with Gasteiger partial charge in [0.05, 0.1) is 37.9 Å². The maximum absolute atomic E-state index is 13.9. The highest BCUT2D eigenvalue weighted by Crippen LogP contribution is 2.61. The Bertz CT molecular complexity index is 1820. The van der Waals surface area contributed by atoms with Crippen LogP contribution in [0.3, 0.4) is 0 Å². The number of phenolic OH excluding ortho intramolecular Hbond substituents is 1. The van der Waals surface area contributed by atoms with Gasteiger partial charge in [0.25, 0.3) is 11.8 Å². The second-order valence-corrected chi connectivity index (χ2v) is 12.1. The molecule has 3 aliphatic rings. The highest BCUT2D eigenvalue weighted by molar-refractivity contribution is 9.09. The van der Waals surface area contributed by atoms with Gasteiger partial charge in [-0.1, -0.05) is 52.4 Å². The van der Waals surface area contributed by atoms with Gasteiger partial charge in [0.1, 0.15) is 0 Å². The number of para-hydroxylation sites is 1.